The Morgan fingerprint density at radius 3 is 2.86 bits per heavy atom. The highest BCUT2D eigenvalue weighted by Crippen LogP contribution is 2.16. The third-order valence-electron chi connectivity index (χ3n) is 1.54. The second-order valence-corrected chi connectivity index (χ2v) is 3.43. The Bertz CT molecular complexity index is 432. The van der Waals surface area contributed by atoms with Crippen molar-refractivity contribution in [3.8, 4) is 6.07 Å². The molecule has 14 heavy (non-hydrogen) atoms. The van der Waals surface area contributed by atoms with E-state index in [2.05, 4.69) is 15.9 Å². The molecule has 0 saturated heterocycles. The van der Waals surface area contributed by atoms with Gasteiger partial charge in [-0.25, -0.2) is 4.79 Å². The van der Waals surface area contributed by atoms with Crippen molar-refractivity contribution in [2.75, 3.05) is 0 Å². The fraction of sp³-hybridized carbons (Fsp3) is 0. The molecule has 0 heterocycles. The molecule has 1 aromatic carbocycles. The number of nitrogens with zero attached hydrogens (tertiary/aromatic N) is 1. The van der Waals surface area contributed by atoms with Gasteiger partial charge in [-0.2, -0.15) is 5.26 Å². The number of carboxylic acid groups (broad SMARTS) is 1. The Labute approximate surface area is 89.4 Å². The van der Waals surface area contributed by atoms with Crippen LogP contribution in [0.15, 0.2) is 28.7 Å². The molecule has 1 aromatic rings. The summed E-state index contributed by atoms with van der Waals surface area (Å²) in [4.78, 5) is 10.3. The Morgan fingerprint density at radius 1 is 1.57 bits per heavy atom. The molecule has 1 rings (SSSR count). The van der Waals surface area contributed by atoms with Crippen LogP contribution in [-0.4, -0.2) is 11.1 Å². The molecule has 1 N–H and O–H groups in total. The van der Waals surface area contributed by atoms with Gasteiger partial charge in [-0.1, -0.05) is 22.0 Å². The molecule has 3 nitrogen and oxygen atoms in total. The summed E-state index contributed by atoms with van der Waals surface area (Å²) in [6.45, 7) is 0. The monoisotopic (exact) mass is 251 g/mol. The molecule has 0 fully saturated rings. The van der Waals surface area contributed by atoms with Gasteiger partial charge >= 0.3 is 5.97 Å². The first kappa shape index (κ1) is 10.5. The maximum absolute atomic E-state index is 10.3. The second-order valence-electron chi connectivity index (χ2n) is 2.51. The number of hydrogen-bond donors (Lipinski definition) is 1. The summed E-state index contributed by atoms with van der Waals surface area (Å²) in [7, 11) is 0. The third-order valence-corrected chi connectivity index (χ3v) is 2.03. The summed E-state index contributed by atoms with van der Waals surface area (Å²) in [5.41, 5.74) is 1.04. The Balaban J connectivity index is 3.10. The van der Waals surface area contributed by atoms with Gasteiger partial charge in [-0.3, -0.25) is 0 Å². The van der Waals surface area contributed by atoms with Gasteiger partial charge in [0, 0.05) is 10.5 Å². The summed E-state index contributed by atoms with van der Waals surface area (Å²) < 4.78 is 0.793. The molecular formula is C10H6BrNO2. The van der Waals surface area contributed by atoms with Gasteiger partial charge in [0.25, 0.3) is 0 Å². The van der Waals surface area contributed by atoms with Crippen molar-refractivity contribution in [2.45, 2.75) is 0 Å². The first-order chi connectivity index (χ1) is 6.63. The summed E-state index contributed by atoms with van der Waals surface area (Å²) in [5, 5.41) is 17.2. The van der Waals surface area contributed by atoms with Crippen molar-refractivity contribution in [1.82, 2.24) is 0 Å². The van der Waals surface area contributed by atoms with Crippen LogP contribution in [0, 0.1) is 11.3 Å². The molecule has 0 amide bonds. The summed E-state index contributed by atoms with van der Waals surface area (Å²) in [5.74, 6) is -1.03. The molecular weight excluding hydrogens is 246 g/mol. The zero-order valence-electron chi connectivity index (χ0n) is 7.07. The van der Waals surface area contributed by atoms with E-state index in [-0.39, 0.29) is 0 Å². The van der Waals surface area contributed by atoms with E-state index in [1.165, 1.54) is 6.08 Å². The van der Waals surface area contributed by atoms with Gasteiger partial charge in [-0.15, -0.1) is 0 Å². The first-order valence-corrected chi connectivity index (χ1v) is 4.53. The van der Waals surface area contributed by atoms with E-state index in [1.54, 1.807) is 18.2 Å². The fourth-order valence-corrected chi connectivity index (χ4v) is 1.29. The van der Waals surface area contributed by atoms with Crippen LogP contribution in [0.2, 0.25) is 0 Å². The van der Waals surface area contributed by atoms with Crippen LogP contribution in [0.25, 0.3) is 6.08 Å². The minimum atomic E-state index is -1.03. The van der Waals surface area contributed by atoms with Crippen LogP contribution in [0.4, 0.5) is 0 Å². The van der Waals surface area contributed by atoms with Crippen LogP contribution in [0.1, 0.15) is 11.1 Å². The number of hydrogen-bond acceptors (Lipinski definition) is 2. The van der Waals surface area contributed by atoms with E-state index in [9.17, 15) is 4.79 Å². The molecule has 0 radical (unpaired) electrons. The average Bonchev–Trinajstić information content (AvgIpc) is 2.15. The number of carboxylic acids is 1. The maximum Gasteiger partial charge on any atom is 0.328 e. The lowest BCUT2D eigenvalue weighted by Gasteiger charge is -1.97. The number of carbonyl (C=O) groups is 1. The lowest BCUT2D eigenvalue weighted by Crippen LogP contribution is -1.87. The molecule has 0 spiro atoms. The van der Waals surface area contributed by atoms with Crippen molar-refractivity contribution in [3.05, 3.63) is 39.9 Å². The third kappa shape index (κ3) is 2.71. The van der Waals surface area contributed by atoms with Crippen molar-refractivity contribution in [3.63, 3.8) is 0 Å². The standard InChI is InChI=1S/C10H6BrNO2/c11-9-3-1-7(2-4-10(13)14)8(5-9)6-12/h1-5H,(H,13,14)/b4-2+. The molecule has 70 valence electrons. The number of benzene rings is 1. The molecule has 0 unspecified atom stereocenters. The van der Waals surface area contributed by atoms with E-state index in [0.29, 0.717) is 11.1 Å². The highest BCUT2D eigenvalue weighted by molar-refractivity contribution is 9.10. The average molecular weight is 252 g/mol. The largest absolute Gasteiger partial charge is 0.478 e. The minimum Gasteiger partial charge on any atom is -0.478 e. The highest BCUT2D eigenvalue weighted by atomic mass is 79.9. The van der Waals surface area contributed by atoms with Crippen LogP contribution >= 0.6 is 15.9 Å². The smallest absolute Gasteiger partial charge is 0.328 e. The van der Waals surface area contributed by atoms with Crippen molar-refractivity contribution in [1.29, 1.82) is 5.26 Å². The normalized spacial score (nSPS) is 10.0. The van der Waals surface area contributed by atoms with Crippen LogP contribution in [-0.2, 0) is 4.79 Å². The number of rotatable bonds is 2. The van der Waals surface area contributed by atoms with Crippen LogP contribution in [0.5, 0.6) is 0 Å². The first-order valence-electron chi connectivity index (χ1n) is 3.74. The van der Waals surface area contributed by atoms with Gasteiger partial charge in [0.05, 0.1) is 11.6 Å². The predicted octanol–water partition coefficient (Wildman–Crippen LogP) is 2.42. The van der Waals surface area contributed by atoms with E-state index < -0.39 is 5.97 Å². The quantitative estimate of drug-likeness (QED) is 0.822. The zero-order valence-corrected chi connectivity index (χ0v) is 8.65. The van der Waals surface area contributed by atoms with Crippen LogP contribution in [0.3, 0.4) is 0 Å². The Kier molecular flexibility index (Phi) is 3.43. The molecule has 0 atom stereocenters. The van der Waals surface area contributed by atoms with Gasteiger partial charge in [0.1, 0.15) is 0 Å². The van der Waals surface area contributed by atoms with Crippen molar-refractivity contribution < 1.29 is 9.90 Å². The summed E-state index contributed by atoms with van der Waals surface area (Å²) in [6, 6.07) is 7.06. The summed E-state index contributed by atoms with van der Waals surface area (Å²) >= 11 is 3.23. The molecule has 0 bridgehead atoms. The van der Waals surface area contributed by atoms with E-state index in [0.717, 1.165) is 10.5 Å². The number of aliphatic carboxylic acids is 1. The highest BCUT2D eigenvalue weighted by Gasteiger charge is 1.99. The van der Waals surface area contributed by atoms with Crippen LogP contribution < -0.4 is 0 Å². The second kappa shape index (κ2) is 4.58. The van der Waals surface area contributed by atoms with Crippen molar-refractivity contribution >= 4 is 28.0 Å². The Morgan fingerprint density at radius 2 is 2.29 bits per heavy atom. The molecule has 0 aliphatic carbocycles. The van der Waals surface area contributed by atoms with E-state index in [4.69, 9.17) is 10.4 Å². The van der Waals surface area contributed by atoms with Gasteiger partial charge in [0.15, 0.2) is 0 Å². The van der Waals surface area contributed by atoms with Gasteiger partial charge in [0.2, 0.25) is 0 Å². The molecule has 0 aromatic heterocycles. The van der Waals surface area contributed by atoms with E-state index in [1.807, 2.05) is 6.07 Å². The maximum atomic E-state index is 10.3. The lowest BCUT2D eigenvalue weighted by molar-refractivity contribution is -0.131. The zero-order chi connectivity index (χ0) is 10.6. The molecule has 0 saturated carbocycles. The Hall–Kier alpha value is -1.60. The molecule has 0 aliphatic heterocycles. The van der Waals surface area contributed by atoms with Crippen molar-refractivity contribution in [2.24, 2.45) is 0 Å². The molecule has 4 heteroatoms. The lowest BCUT2D eigenvalue weighted by atomic mass is 10.1. The topological polar surface area (TPSA) is 61.1 Å². The fourth-order valence-electron chi connectivity index (χ4n) is 0.932. The number of halogens is 1. The minimum absolute atomic E-state index is 0.442. The number of nitriles is 1. The van der Waals surface area contributed by atoms with Gasteiger partial charge in [-0.05, 0) is 23.8 Å². The van der Waals surface area contributed by atoms with Gasteiger partial charge < -0.3 is 5.11 Å². The molecule has 0 aliphatic rings. The SMILES string of the molecule is N#Cc1cc(Br)ccc1/C=C/C(=O)O. The predicted molar refractivity (Wildman–Crippen MR) is 55.5 cm³/mol. The summed E-state index contributed by atoms with van der Waals surface area (Å²) in [6.07, 6.45) is 2.40. The van der Waals surface area contributed by atoms with E-state index >= 15 is 0 Å².